The summed E-state index contributed by atoms with van der Waals surface area (Å²) in [7, 11) is 0. The smallest absolute Gasteiger partial charge is 0.154 e. The van der Waals surface area contributed by atoms with Gasteiger partial charge in [0, 0.05) is 6.42 Å². The van der Waals surface area contributed by atoms with Crippen molar-refractivity contribution in [2.45, 2.75) is 19.8 Å². The van der Waals surface area contributed by atoms with Crippen LogP contribution in [-0.2, 0) is 11.2 Å². The van der Waals surface area contributed by atoms with Gasteiger partial charge >= 0.3 is 0 Å². The number of ketones is 1. The summed E-state index contributed by atoms with van der Waals surface area (Å²) in [6.45, 7) is 1.60. The van der Waals surface area contributed by atoms with Gasteiger partial charge in [-0.3, -0.25) is 0 Å². The Morgan fingerprint density at radius 1 is 1.14 bits per heavy atom. The average Bonchev–Trinajstić information content (AvgIpc) is 2.44. The van der Waals surface area contributed by atoms with Gasteiger partial charge in [0.05, 0.1) is 7.14 Å². The molecule has 0 spiro atoms. The topological polar surface area (TPSA) is 46.5 Å². The van der Waals surface area contributed by atoms with E-state index in [1.165, 1.54) is 0 Å². The van der Waals surface area contributed by atoms with Gasteiger partial charge in [-0.15, -0.1) is 0 Å². The van der Waals surface area contributed by atoms with Gasteiger partial charge < -0.3 is 14.6 Å². The molecule has 0 aliphatic rings. The second-order valence-electron chi connectivity index (χ2n) is 4.65. The summed E-state index contributed by atoms with van der Waals surface area (Å²) in [6, 6.07) is 10.7. The highest BCUT2D eigenvalue weighted by atomic mass is 127. The van der Waals surface area contributed by atoms with Gasteiger partial charge in [0.2, 0.25) is 0 Å². The molecular weight excluding hydrogens is 494 g/mol. The Labute approximate surface area is 151 Å². The summed E-state index contributed by atoms with van der Waals surface area (Å²) in [6.07, 6.45) is 1.26. The van der Waals surface area contributed by atoms with Crippen LogP contribution in [0.3, 0.4) is 0 Å². The highest BCUT2D eigenvalue weighted by Crippen LogP contribution is 2.34. The van der Waals surface area contributed by atoms with E-state index in [1.807, 2.05) is 12.1 Å². The van der Waals surface area contributed by atoms with Gasteiger partial charge in [-0.2, -0.15) is 0 Å². The predicted molar refractivity (Wildman–Crippen MR) is 99.1 cm³/mol. The van der Waals surface area contributed by atoms with Crippen LogP contribution < -0.4 is 4.74 Å². The molecule has 0 unspecified atom stereocenters. The zero-order valence-corrected chi connectivity index (χ0v) is 15.7. The molecule has 1 N–H and O–H groups in total. The first kappa shape index (κ1) is 16.5. The molecule has 0 aliphatic heterocycles. The number of hydrogen-bond acceptors (Lipinski definition) is 3. The van der Waals surface area contributed by atoms with Crippen LogP contribution in [0, 0.1) is 7.14 Å². The molecule has 2 aromatic carbocycles. The van der Waals surface area contributed by atoms with Gasteiger partial charge in [0.25, 0.3) is 0 Å². The second-order valence-corrected chi connectivity index (χ2v) is 6.89. The van der Waals surface area contributed by atoms with Gasteiger partial charge in [-0.25, -0.2) is 0 Å². The van der Waals surface area contributed by atoms with Gasteiger partial charge in [0.15, 0.2) is 5.75 Å². The number of aromatic hydroxyl groups is 1. The SMILES string of the molecule is CC(=O)CCc1ccc(I)c(Oc2ccc(O)cc2)c1I. The van der Waals surface area contributed by atoms with Crippen LogP contribution >= 0.6 is 45.2 Å². The maximum absolute atomic E-state index is 11.1. The van der Waals surface area contributed by atoms with Gasteiger partial charge in [-0.1, -0.05) is 6.07 Å². The molecule has 3 nitrogen and oxygen atoms in total. The summed E-state index contributed by atoms with van der Waals surface area (Å²) >= 11 is 4.49. The van der Waals surface area contributed by atoms with E-state index >= 15 is 0 Å². The number of phenolic OH excluding ortho intramolecular Hbond substituents is 1. The molecule has 0 amide bonds. The van der Waals surface area contributed by atoms with Crippen molar-refractivity contribution < 1.29 is 14.6 Å². The summed E-state index contributed by atoms with van der Waals surface area (Å²) in [4.78, 5) is 11.1. The number of rotatable bonds is 5. The zero-order valence-electron chi connectivity index (χ0n) is 11.4. The Bertz CT molecular complexity index is 651. The maximum atomic E-state index is 11.1. The molecule has 2 aromatic rings. The number of carbonyl (C=O) groups excluding carboxylic acids is 1. The van der Waals surface area contributed by atoms with Crippen molar-refractivity contribution in [1.29, 1.82) is 0 Å². The van der Waals surface area contributed by atoms with Crippen molar-refractivity contribution >= 4 is 51.0 Å². The van der Waals surface area contributed by atoms with E-state index in [-0.39, 0.29) is 11.5 Å². The molecular formula is C16H14I2O3. The lowest BCUT2D eigenvalue weighted by molar-refractivity contribution is -0.116. The molecule has 0 aliphatic carbocycles. The summed E-state index contributed by atoms with van der Waals surface area (Å²) in [5.41, 5.74) is 1.11. The van der Waals surface area contributed by atoms with Gasteiger partial charge in [-0.05, 0) is 94.4 Å². The number of phenols is 1. The van der Waals surface area contributed by atoms with Crippen molar-refractivity contribution in [1.82, 2.24) is 0 Å². The highest BCUT2D eigenvalue weighted by molar-refractivity contribution is 14.1. The Hall–Kier alpha value is -0.830. The lowest BCUT2D eigenvalue weighted by Gasteiger charge is -2.13. The molecule has 2 rings (SSSR count). The Morgan fingerprint density at radius 2 is 1.81 bits per heavy atom. The Kier molecular flexibility index (Phi) is 5.86. The van der Waals surface area contributed by atoms with Crippen LogP contribution in [0.25, 0.3) is 0 Å². The molecule has 5 heteroatoms. The van der Waals surface area contributed by atoms with Crippen LogP contribution in [0.2, 0.25) is 0 Å². The molecule has 0 heterocycles. The Morgan fingerprint density at radius 3 is 2.43 bits per heavy atom. The third-order valence-electron chi connectivity index (χ3n) is 2.93. The summed E-state index contributed by atoms with van der Waals surface area (Å²) < 4.78 is 7.96. The number of halogens is 2. The first-order valence-electron chi connectivity index (χ1n) is 6.40. The molecule has 0 saturated carbocycles. The van der Waals surface area contributed by atoms with Gasteiger partial charge in [0.1, 0.15) is 17.3 Å². The third kappa shape index (κ3) is 4.57. The fraction of sp³-hybridized carbons (Fsp3) is 0.188. The second kappa shape index (κ2) is 7.44. The molecule has 0 saturated heterocycles. The molecule has 110 valence electrons. The number of Topliss-reactive ketones (excluding diaryl/α,β-unsaturated/α-hetero) is 1. The van der Waals surface area contributed by atoms with E-state index in [9.17, 15) is 9.90 Å². The van der Waals surface area contributed by atoms with E-state index in [0.29, 0.717) is 12.2 Å². The molecule has 0 fully saturated rings. The number of aryl methyl sites for hydroxylation is 1. The molecule has 0 radical (unpaired) electrons. The number of hydrogen-bond donors (Lipinski definition) is 1. The molecule has 0 bridgehead atoms. The quantitative estimate of drug-likeness (QED) is 0.584. The first-order chi connectivity index (χ1) is 9.97. The summed E-state index contributed by atoms with van der Waals surface area (Å²) in [5.74, 6) is 1.86. The lowest BCUT2D eigenvalue weighted by atomic mass is 10.1. The zero-order chi connectivity index (χ0) is 15.4. The normalized spacial score (nSPS) is 10.4. The van der Waals surface area contributed by atoms with E-state index in [2.05, 4.69) is 45.2 Å². The predicted octanol–water partition coefficient (Wildman–Crippen LogP) is 4.92. The largest absolute Gasteiger partial charge is 0.508 e. The van der Waals surface area contributed by atoms with Crippen LogP contribution in [0.15, 0.2) is 36.4 Å². The van der Waals surface area contributed by atoms with E-state index < -0.39 is 0 Å². The number of ether oxygens (including phenoxy) is 1. The standard InChI is InChI=1S/C16H14I2O3/c1-10(19)2-3-11-4-9-14(17)16(15(11)18)21-13-7-5-12(20)6-8-13/h4-9,20H,2-3H2,1H3. The van der Waals surface area contributed by atoms with Crippen molar-refractivity contribution in [3.8, 4) is 17.2 Å². The highest BCUT2D eigenvalue weighted by Gasteiger charge is 2.13. The Balaban J connectivity index is 2.27. The van der Waals surface area contributed by atoms with Crippen LogP contribution in [0.4, 0.5) is 0 Å². The van der Waals surface area contributed by atoms with Crippen molar-refractivity contribution in [2.75, 3.05) is 0 Å². The van der Waals surface area contributed by atoms with Crippen LogP contribution in [0.5, 0.6) is 17.2 Å². The minimum Gasteiger partial charge on any atom is -0.508 e. The lowest BCUT2D eigenvalue weighted by Crippen LogP contribution is -1.99. The monoisotopic (exact) mass is 508 g/mol. The van der Waals surface area contributed by atoms with E-state index in [4.69, 9.17) is 4.74 Å². The van der Waals surface area contributed by atoms with Crippen LogP contribution in [-0.4, -0.2) is 10.9 Å². The third-order valence-corrected chi connectivity index (χ3v) is 4.96. The molecule has 0 aromatic heterocycles. The number of carbonyl (C=O) groups is 1. The van der Waals surface area contributed by atoms with E-state index in [0.717, 1.165) is 24.9 Å². The van der Waals surface area contributed by atoms with Crippen molar-refractivity contribution in [2.24, 2.45) is 0 Å². The minimum atomic E-state index is 0.186. The van der Waals surface area contributed by atoms with Crippen molar-refractivity contribution in [3.05, 3.63) is 49.1 Å². The first-order valence-corrected chi connectivity index (χ1v) is 8.56. The minimum absolute atomic E-state index is 0.186. The maximum Gasteiger partial charge on any atom is 0.154 e. The fourth-order valence-corrected chi connectivity index (χ4v) is 3.73. The number of benzene rings is 2. The van der Waals surface area contributed by atoms with Crippen LogP contribution in [0.1, 0.15) is 18.9 Å². The molecule has 21 heavy (non-hydrogen) atoms. The van der Waals surface area contributed by atoms with Crippen molar-refractivity contribution in [3.63, 3.8) is 0 Å². The molecule has 0 atom stereocenters. The average molecular weight is 508 g/mol. The fourth-order valence-electron chi connectivity index (χ4n) is 1.80. The van der Waals surface area contributed by atoms with E-state index in [1.54, 1.807) is 31.2 Å². The summed E-state index contributed by atoms with van der Waals surface area (Å²) in [5, 5.41) is 9.31.